The molecule has 1 aliphatic rings. The Morgan fingerprint density at radius 2 is 2.00 bits per heavy atom. The third-order valence-corrected chi connectivity index (χ3v) is 3.18. The Balaban J connectivity index is 2.09. The van der Waals surface area contributed by atoms with Crippen molar-refractivity contribution in [3.63, 3.8) is 0 Å². The van der Waals surface area contributed by atoms with Gasteiger partial charge in [-0.25, -0.2) is 4.39 Å². The molecule has 0 radical (unpaired) electrons. The summed E-state index contributed by atoms with van der Waals surface area (Å²) in [6.07, 6.45) is 3.01. The molecule has 1 saturated carbocycles. The molecule has 0 heterocycles. The number of halogens is 1. The summed E-state index contributed by atoms with van der Waals surface area (Å²) in [6, 6.07) is 6.68. The van der Waals surface area contributed by atoms with Gasteiger partial charge in [-0.15, -0.1) is 0 Å². The summed E-state index contributed by atoms with van der Waals surface area (Å²) in [5.41, 5.74) is 0.618. The van der Waals surface area contributed by atoms with E-state index in [9.17, 15) is 9.50 Å². The van der Waals surface area contributed by atoms with Gasteiger partial charge in [-0.3, -0.25) is 0 Å². The van der Waals surface area contributed by atoms with Crippen molar-refractivity contribution in [1.82, 2.24) is 0 Å². The molecule has 4 heteroatoms. The van der Waals surface area contributed by atoms with E-state index in [2.05, 4.69) is 5.32 Å². The number of nitrogens with one attached hydrogen (secondary N) is 1. The fourth-order valence-corrected chi connectivity index (χ4v) is 2.20. The van der Waals surface area contributed by atoms with Crippen LogP contribution in [-0.4, -0.2) is 17.3 Å². The lowest BCUT2D eigenvalue weighted by Gasteiger charge is -2.27. The van der Waals surface area contributed by atoms with E-state index in [4.69, 9.17) is 5.26 Å². The highest BCUT2D eigenvalue weighted by atomic mass is 19.1. The summed E-state index contributed by atoms with van der Waals surface area (Å²) in [7, 11) is 0. The van der Waals surface area contributed by atoms with Crippen molar-refractivity contribution in [3.05, 3.63) is 29.6 Å². The predicted molar refractivity (Wildman–Crippen MR) is 63.0 cm³/mol. The van der Waals surface area contributed by atoms with Crippen LogP contribution in [0.3, 0.4) is 0 Å². The topological polar surface area (TPSA) is 56.0 Å². The van der Waals surface area contributed by atoms with E-state index in [1.165, 1.54) is 6.07 Å². The Bertz CT molecular complexity index is 434. The van der Waals surface area contributed by atoms with Crippen molar-refractivity contribution in [1.29, 1.82) is 5.26 Å². The second-order valence-corrected chi connectivity index (χ2v) is 4.42. The highest BCUT2D eigenvalue weighted by Gasteiger charge is 2.20. The number of anilines is 1. The van der Waals surface area contributed by atoms with Gasteiger partial charge in [-0.05, 0) is 37.8 Å². The summed E-state index contributed by atoms with van der Waals surface area (Å²) in [6.45, 7) is 0. The van der Waals surface area contributed by atoms with Crippen molar-refractivity contribution < 1.29 is 9.50 Å². The SMILES string of the molecule is N#Cc1c(F)cccc1NC1CCC(O)CC1. The molecular formula is C13H15FN2O. The number of benzene rings is 1. The molecule has 0 spiro atoms. The minimum Gasteiger partial charge on any atom is -0.393 e. The number of nitriles is 1. The molecule has 0 aromatic heterocycles. The molecule has 0 unspecified atom stereocenters. The van der Waals surface area contributed by atoms with Crippen LogP contribution in [0.15, 0.2) is 18.2 Å². The monoisotopic (exact) mass is 234 g/mol. The fraction of sp³-hybridized carbons (Fsp3) is 0.462. The Kier molecular flexibility index (Phi) is 3.60. The maximum absolute atomic E-state index is 13.4. The molecule has 3 nitrogen and oxygen atoms in total. The molecule has 1 aliphatic carbocycles. The van der Waals surface area contributed by atoms with E-state index >= 15 is 0 Å². The lowest BCUT2D eigenvalue weighted by atomic mass is 9.93. The maximum Gasteiger partial charge on any atom is 0.143 e. The molecule has 1 aromatic rings. The van der Waals surface area contributed by atoms with Crippen LogP contribution < -0.4 is 5.32 Å². The smallest absolute Gasteiger partial charge is 0.143 e. The summed E-state index contributed by atoms with van der Waals surface area (Å²) >= 11 is 0. The van der Waals surface area contributed by atoms with Gasteiger partial charge in [-0.2, -0.15) is 5.26 Å². The first kappa shape index (κ1) is 11.9. The Labute approximate surface area is 99.9 Å². The zero-order valence-corrected chi connectivity index (χ0v) is 9.49. The highest BCUT2D eigenvalue weighted by molar-refractivity contribution is 5.58. The molecule has 0 atom stereocenters. The van der Waals surface area contributed by atoms with Gasteiger partial charge in [-0.1, -0.05) is 6.07 Å². The van der Waals surface area contributed by atoms with Crippen LogP contribution in [0, 0.1) is 17.1 Å². The van der Waals surface area contributed by atoms with Gasteiger partial charge in [0, 0.05) is 6.04 Å². The second-order valence-electron chi connectivity index (χ2n) is 4.42. The van der Waals surface area contributed by atoms with Crippen molar-refractivity contribution in [2.45, 2.75) is 37.8 Å². The van der Waals surface area contributed by atoms with Gasteiger partial charge >= 0.3 is 0 Å². The third kappa shape index (κ3) is 2.75. The minimum absolute atomic E-state index is 0.0682. The Hall–Kier alpha value is -1.60. The molecule has 90 valence electrons. The summed E-state index contributed by atoms with van der Waals surface area (Å²) in [4.78, 5) is 0. The normalized spacial score (nSPS) is 24.1. The molecular weight excluding hydrogens is 219 g/mol. The molecule has 1 aromatic carbocycles. The first-order chi connectivity index (χ1) is 8.20. The minimum atomic E-state index is -0.492. The zero-order chi connectivity index (χ0) is 12.3. The van der Waals surface area contributed by atoms with Crippen molar-refractivity contribution in [3.8, 4) is 6.07 Å². The van der Waals surface area contributed by atoms with Crippen LogP contribution in [0.5, 0.6) is 0 Å². The van der Waals surface area contributed by atoms with Crippen LogP contribution in [0.1, 0.15) is 31.2 Å². The summed E-state index contributed by atoms with van der Waals surface area (Å²) in [5, 5.41) is 21.5. The number of nitrogens with zero attached hydrogens (tertiary/aromatic N) is 1. The molecule has 2 rings (SSSR count). The van der Waals surface area contributed by atoms with E-state index in [1.54, 1.807) is 12.1 Å². The van der Waals surface area contributed by atoms with E-state index in [0.29, 0.717) is 5.69 Å². The summed E-state index contributed by atoms with van der Waals surface area (Å²) < 4.78 is 13.4. The van der Waals surface area contributed by atoms with Gasteiger partial charge in [0.15, 0.2) is 0 Å². The molecule has 0 saturated heterocycles. The van der Waals surface area contributed by atoms with Crippen molar-refractivity contribution in [2.75, 3.05) is 5.32 Å². The average molecular weight is 234 g/mol. The third-order valence-electron chi connectivity index (χ3n) is 3.18. The van der Waals surface area contributed by atoms with E-state index in [0.717, 1.165) is 25.7 Å². The quantitative estimate of drug-likeness (QED) is 0.826. The van der Waals surface area contributed by atoms with Crippen LogP contribution in [0.2, 0.25) is 0 Å². The average Bonchev–Trinajstić information content (AvgIpc) is 2.32. The Morgan fingerprint density at radius 1 is 1.29 bits per heavy atom. The van der Waals surface area contributed by atoms with E-state index in [-0.39, 0.29) is 17.7 Å². The number of hydrogen-bond donors (Lipinski definition) is 2. The molecule has 1 fully saturated rings. The molecule has 0 aliphatic heterocycles. The molecule has 0 amide bonds. The number of aliphatic hydroxyl groups excluding tert-OH is 1. The fourth-order valence-electron chi connectivity index (χ4n) is 2.20. The summed E-state index contributed by atoms with van der Waals surface area (Å²) in [5.74, 6) is -0.492. The highest BCUT2D eigenvalue weighted by Crippen LogP contribution is 2.24. The second kappa shape index (κ2) is 5.15. The van der Waals surface area contributed by atoms with Gasteiger partial charge in [0.25, 0.3) is 0 Å². The standard InChI is InChI=1S/C13H15FN2O/c14-12-2-1-3-13(11(12)8-15)16-9-4-6-10(17)7-5-9/h1-3,9-10,16-17H,4-7H2. The van der Waals surface area contributed by atoms with Crippen LogP contribution in [0.25, 0.3) is 0 Å². The Morgan fingerprint density at radius 3 is 2.65 bits per heavy atom. The number of aliphatic hydroxyl groups is 1. The first-order valence-electron chi connectivity index (χ1n) is 5.84. The molecule has 0 bridgehead atoms. The first-order valence-corrected chi connectivity index (χ1v) is 5.84. The lowest BCUT2D eigenvalue weighted by Crippen LogP contribution is -2.28. The molecule has 2 N–H and O–H groups in total. The largest absolute Gasteiger partial charge is 0.393 e. The van der Waals surface area contributed by atoms with E-state index < -0.39 is 5.82 Å². The van der Waals surface area contributed by atoms with Gasteiger partial charge in [0.1, 0.15) is 17.4 Å². The van der Waals surface area contributed by atoms with Crippen LogP contribution in [0.4, 0.5) is 10.1 Å². The molecule has 17 heavy (non-hydrogen) atoms. The van der Waals surface area contributed by atoms with Crippen LogP contribution in [-0.2, 0) is 0 Å². The number of hydrogen-bond acceptors (Lipinski definition) is 3. The van der Waals surface area contributed by atoms with E-state index in [1.807, 2.05) is 6.07 Å². The zero-order valence-electron chi connectivity index (χ0n) is 9.49. The lowest BCUT2D eigenvalue weighted by molar-refractivity contribution is 0.126. The van der Waals surface area contributed by atoms with Crippen molar-refractivity contribution >= 4 is 5.69 Å². The number of rotatable bonds is 2. The van der Waals surface area contributed by atoms with Crippen molar-refractivity contribution in [2.24, 2.45) is 0 Å². The van der Waals surface area contributed by atoms with Crippen LogP contribution >= 0.6 is 0 Å². The predicted octanol–water partition coefficient (Wildman–Crippen LogP) is 2.41. The van der Waals surface area contributed by atoms with Gasteiger partial charge in [0.05, 0.1) is 11.8 Å². The van der Waals surface area contributed by atoms with Gasteiger partial charge < -0.3 is 10.4 Å². The maximum atomic E-state index is 13.4. The van der Waals surface area contributed by atoms with Gasteiger partial charge in [0.2, 0.25) is 0 Å².